The molecule has 0 saturated heterocycles. The van der Waals surface area contributed by atoms with Gasteiger partial charge in [-0.3, -0.25) is 9.36 Å². The summed E-state index contributed by atoms with van der Waals surface area (Å²) in [6, 6.07) is 3.64. The zero-order valence-electron chi connectivity index (χ0n) is 18.6. The van der Waals surface area contributed by atoms with E-state index in [2.05, 4.69) is 25.3 Å². The van der Waals surface area contributed by atoms with Gasteiger partial charge in [-0.25, -0.2) is 15.0 Å². The third-order valence-electron chi connectivity index (χ3n) is 5.03. The molecule has 0 aliphatic carbocycles. The smallest absolute Gasteiger partial charge is 0.283 e. The van der Waals surface area contributed by atoms with Crippen LogP contribution in [0.5, 0.6) is 11.5 Å². The predicted octanol–water partition coefficient (Wildman–Crippen LogP) is -0.115. The summed E-state index contributed by atoms with van der Waals surface area (Å²) in [5.74, 6) is 1.13. The zero-order valence-corrected chi connectivity index (χ0v) is 18.6. The monoisotopic (exact) mass is 454 g/mol. The number of fused-ring (bicyclic) bond motifs is 3. The summed E-state index contributed by atoms with van der Waals surface area (Å²) in [5.41, 5.74) is 6.39. The van der Waals surface area contributed by atoms with Gasteiger partial charge in [0.2, 0.25) is 11.6 Å². The van der Waals surface area contributed by atoms with Crippen LogP contribution in [0.2, 0.25) is 0 Å². The number of aromatic nitrogens is 4. The number of nitrogens with two attached hydrogens (primary N) is 1. The number of hydrogen-bond donors (Lipinski definition) is 3. The number of nitrogen functional groups attached to an aromatic ring is 1. The molecule has 1 aliphatic rings. The highest BCUT2D eigenvalue weighted by atomic mass is 16.5. The van der Waals surface area contributed by atoms with Crippen LogP contribution in [0.15, 0.2) is 29.5 Å². The number of carbonyl (C=O) groups excluding carboxylic acids is 1. The average Bonchev–Trinajstić information content (AvgIpc) is 3.28. The minimum atomic E-state index is -0.670. The SMILES string of the molecule is COc1c(OC[C@H](O)CN(C)C)ccc2c3n(c(=NC(=O)c4cnc(N)nc4)nc12)CCN3. The highest BCUT2D eigenvalue weighted by Crippen LogP contribution is 2.37. The van der Waals surface area contributed by atoms with E-state index in [1.807, 2.05) is 29.6 Å². The molecule has 1 amide bonds. The molecule has 3 heterocycles. The van der Waals surface area contributed by atoms with Crippen LogP contribution in [-0.4, -0.2) is 82.4 Å². The Kier molecular flexibility index (Phi) is 6.38. The fraction of sp³-hybridized carbons (Fsp3) is 0.381. The Labute approximate surface area is 189 Å². The van der Waals surface area contributed by atoms with Gasteiger partial charge in [-0.1, -0.05) is 0 Å². The quantitative estimate of drug-likeness (QED) is 0.440. The van der Waals surface area contributed by atoms with Crippen molar-refractivity contribution in [2.75, 3.05) is 52.0 Å². The standard InChI is InChI=1S/C21H26N8O4/c1-28(2)10-13(30)11-33-15-5-4-14-16(17(15)32-3)26-21(29-7-6-23-18(14)29)27-19(31)12-8-24-20(22)25-9-12/h4-5,8-9,13,23,30H,6-7,10-11H2,1-3H3,(H2,22,24,25)/t13-/m1/s1. The van der Waals surface area contributed by atoms with Crippen molar-refractivity contribution < 1.29 is 19.4 Å². The summed E-state index contributed by atoms with van der Waals surface area (Å²) in [6.45, 7) is 1.81. The highest BCUT2D eigenvalue weighted by Gasteiger charge is 2.21. The van der Waals surface area contributed by atoms with Gasteiger partial charge >= 0.3 is 0 Å². The van der Waals surface area contributed by atoms with Crippen molar-refractivity contribution in [1.82, 2.24) is 24.4 Å². The van der Waals surface area contributed by atoms with Crippen LogP contribution in [-0.2, 0) is 6.54 Å². The highest BCUT2D eigenvalue weighted by molar-refractivity contribution is 5.96. The summed E-state index contributed by atoms with van der Waals surface area (Å²) in [5, 5.41) is 14.3. The number of carbonyl (C=O) groups is 1. The van der Waals surface area contributed by atoms with E-state index in [4.69, 9.17) is 15.2 Å². The van der Waals surface area contributed by atoms with Gasteiger partial charge in [0.15, 0.2) is 11.5 Å². The van der Waals surface area contributed by atoms with Crippen LogP contribution in [0.1, 0.15) is 10.4 Å². The number of likely N-dealkylation sites (N-methyl/N-ethyl adjacent to an activating group) is 1. The fourth-order valence-corrected chi connectivity index (χ4v) is 3.61. The lowest BCUT2D eigenvalue weighted by molar-refractivity contribution is 0.0819. The molecular weight excluding hydrogens is 428 g/mol. The average molecular weight is 454 g/mol. The van der Waals surface area contributed by atoms with Crippen molar-refractivity contribution in [3.63, 3.8) is 0 Å². The van der Waals surface area contributed by atoms with Crippen molar-refractivity contribution >= 4 is 28.6 Å². The maximum absolute atomic E-state index is 12.7. The van der Waals surface area contributed by atoms with Crippen LogP contribution in [0.3, 0.4) is 0 Å². The van der Waals surface area contributed by atoms with E-state index in [1.54, 1.807) is 6.07 Å². The Morgan fingerprint density at radius 1 is 1.36 bits per heavy atom. The fourth-order valence-electron chi connectivity index (χ4n) is 3.61. The van der Waals surface area contributed by atoms with E-state index in [9.17, 15) is 9.90 Å². The number of rotatable bonds is 7. The van der Waals surface area contributed by atoms with Gasteiger partial charge in [0.05, 0.1) is 12.7 Å². The van der Waals surface area contributed by atoms with Gasteiger partial charge in [-0.2, -0.15) is 4.99 Å². The number of nitrogens with one attached hydrogen (secondary N) is 1. The minimum absolute atomic E-state index is 0.0720. The molecule has 4 rings (SSSR count). The second kappa shape index (κ2) is 9.38. The Bertz CT molecular complexity index is 1240. The number of anilines is 2. The normalized spacial score (nSPS) is 14.3. The molecule has 0 unspecified atom stereocenters. The van der Waals surface area contributed by atoms with Crippen LogP contribution < -0.4 is 26.1 Å². The Morgan fingerprint density at radius 3 is 2.82 bits per heavy atom. The maximum Gasteiger partial charge on any atom is 0.283 e. The molecule has 3 aromatic rings. The van der Waals surface area contributed by atoms with Gasteiger partial charge in [-0.15, -0.1) is 0 Å². The van der Waals surface area contributed by atoms with Crippen molar-refractivity contribution in [2.45, 2.75) is 12.6 Å². The van der Waals surface area contributed by atoms with E-state index < -0.39 is 12.0 Å². The summed E-state index contributed by atoms with van der Waals surface area (Å²) >= 11 is 0. The van der Waals surface area contributed by atoms with Crippen molar-refractivity contribution in [1.29, 1.82) is 0 Å². The number of methoxy groups -OCH3 is 1. The van der Waals surface area contributed by atoms with Crippen molar-refractivity contribution in [2.24, 2.45) is 4.99 Å². The van der Waals surface area contributed by atoms with Gasteiger partial charge in [0.25, 0.3) is 5.91 Å². The first kappa shape index (κ1) is 22.4. The molecule has 2 aromatic heterocycles. The first-order valence-corrected chi connectivity index (χ1v) is 10.3. The molecule has 0 bridgehead atoms. The van der Waals surface area contributed by atoms with Gasteiger partial charge in [0.1, 0.15) is 24.0 Å². The Balaban J connectivity index is 1.77. The first-order chi connectivity index (χ1) is 15.9. The van der Waals surface area contributed by atoms with E-state index >= 15 is 0 Å². The molecule has 0 saturated carbocycles. The molecule has 1 atom stereocenters. The molecule has 1 aromatic carbocycles. The second-order valence-corrected chi connectivity index (χ2v) is 7.81. The number of nitrogens with zero attached hydrogens (tertiary/aromatic N) is 6. The number of benzene rings is 1. The lowest BCUT2D eigenvalue weighted by Gasteiger charge is -2.18. The maximum atomic E-state index is 12.7. The Hall–Kier alpha value is -3.77. The summed E-state index contributed by atoms with van der Waals surface area (Å²) in [6.07, 6.45) is 1.98. The van der Waals surface area contributed by atoms with Crippen LogP contribution >= 0.6 is 0 Å². The van der Waals surface area contributed by atoms with Crippen LogP contribution in [0.4, 0.5) is 11.8 Å². The number of ether oxygens (including phenoxy) is 2. The molecule has 4 N–H and O–H groups in total. The molecule has 0 radical (unpaired) electrons. The summed E-state index contributed by atoms with van der Waals surface area (Å²) in [4.78, 5) is 31.1. The molecular formula is C21H26N8O4. The van der Waals surface area contributed by atoms with E-state index in [-0.39, 0.29) is 23.7 Å². The molecule has 33 heavy (non-hydrogen) atoms. The van der Waals surface area contributed by atoms with E-state index in [0.717, 1.165) is 11.2 Å². The number of aliphatic hydroxyl groups is 1. The van der Waals surface area contributed by atoms with Gasteiger partial charge in [-0.05, 0) is 26.2 Å². The topological polar surface area (TPSA) is 153 Å². The van der Waals surface area contributed by atoms with Crippen molar-refractivity contribution in [3.8, 4) is 11.5 Å². The molecule has 12 nitrogen and oxygen atoms in total. The lowest BCUT2D eigenvalue weighted by Crippen LogP contribution is -2.30. The van der Waals surface area contributed by atoms with Gasteiger partial charge < -0.3 is 30.5 Å². The number of aliphatic hydroxyl groups excluding tert-OH is 1. The molecule has 1 aliphatic heterocycles. The zero-order chi connectivity index (χ0) is 23.5. The van der Waals surface area contributed by atoms with Crippen LogP contribution in [0, 0.1) is 0 Å². The molecule has 0 fully saturated rings. The predicted molar refractivity (Wildman–Crippen MR) is 121 cm³/mol. The van der Waals surface area contributed by atoms with Crippen LogP contribution in [0.25, 0.3) is 10.9 Å². The summed E-state index contributed by atoms with van der Waals surface area (Å²) < 4.78 is 13.3. The second-order valence-electron chi connectivity index (χ2n) is 7.81. The Morgan fingerprint density at radius 2 is 2.12 bits per heavy atom. The van der Waals surface area contributed by atoms with Crippen molar-refractivity contribution in [3.05, 3.63) is 35.7 Å². The largest absolute Gasteiger partial charge is 0.491 e. The summed E-state index contributed by atoms with van der Waals surface area (Å²) in [7, 11) is 5.26. The number of hydrogen-bond acceptors (Lipinski definition) is 10. The molecule has 174 valence electrons. The third kappa shape index (κ3) is 4.71. The number of amides is 1. The first-order valence-electron chi connectivity index (χ1n) is 10.3. The lowest BCUT2D eigenvalue weighted by atomic mass is 10.2. The van der Waals surface area contributed by atoms with Gasteiger partial charge in [0, 0.05) is 37.4 Å². The van der Waals surface area contributed by atoms with E-state index in [1.165, 1.54) is 19.5 Å². The molecule has 0 spiro atoms. The van der Waals surface area contributed by atoms with E-state index in [0.29, 0.717) is 36.6 Å². The molecule has 12 heteroatoms. The third-order valence-corrected chi connectivity index (χ3v) is 5.03. The minimum Gasteiger partial charge on any atom is -0.491 e.